The van der Waals surface area contributed by atoms with Crippen molar-refractivity contribution in [2.45, 2.75) is 0 Å². The molecule has 4 heteroatoms. The molecule has 0 bridgehead atoms. The molecule has 0 amide bonds. The Balaban J connectivity index is 1.34. The highest BCUT2D eigenvalue weighted by Crippen LogP contribution is 2.42. The Labute approximate surface area is 287 Å². The molecule has 50 heavy (non-hydrogen) atoms. The minimum atomic E-state index is 0.818. The van der Waals surface area contributed by atoms with Crippen molar-refractivity contribution in [1.29, 1.82) is 0 Å². The zero-order chi connectivity index (χ0) is 32.8. The summed E-state index contributed by atoms with van der Waals surface area (Å²) < 4.78 is 4.78. The second kappa shape index (κ2) is 10.4. The van der Waals surface area contributed by atoms with E-state index in [1.54, 1.807) is 0 Å². The molecule has 4 nitrogen and oxygen atoms in total. The van der Waals surface area contributed by atoms with Crippen molar-refractivity contribution in [3.63, 3.8) is 0 Å². The quantitative estimate of drug-likeness (QED) is 0.181. The van der Waals surface area contributed by atoms with Crippen LogP contribution in [0.15, 0.2) is 170 Å². The summed E-state index contributed by atoms with van der Waals surface area (Å²) in [6, 6.07) is 60.6. The van der Waals surface area contributed by atoms with E-state index in [-0.39, 0.29) is 0 Å². The Morgan fingerprint density at radius 3 is 1.82 bits per heavy atom. The smallest absolute Gasteiger partial charge is 0.165 e. The summed E-state index contributed by atoms with van der Waals surface area (Å²) in [7, 11) is 0. The Kier molecular flexibility index (Phi) is 5.63. The number of aromatic nitrogens is 4. The van der Waals surface area contributed by atoms with Gasteiger partial charge in [-0.3, -0.25) is 4.57 Å². The van der Waals surface area contributed by atoms with Crippen LogP contribution in [0.1, 0.15) is 0 Å². The van der Waals surface area contributed by atoms with Crippen LogP contribution in [0.3, 0.4) is 0 Å². The van der Waals surface area contributed by atoms with Crippen molar-refractivity contribution in [2.24, 2.45) is 0 Å². The summed E-state index contributed by atoms with van der Waals surface area (Å²) in [6.45, 7) is 0. The molecule has 0 fully saturated rings. The number of fused-ring (bicyclic) bond motifs is 11. The summed E-state index contributed by atoms with van der Waals surface area (Å²) in [5, 5.41) is 9.55. The van der Waals surface area contributed by atoms with Gasteiger partial charge < -0.3 is 4.57 Å². The highest BCUT2D eigenvalue weighted by Gasteiger charge is 2.23. The highest BCUT2D eigenvalue weighted by atomic mass is 15.1. The van der Waals surface area contributed by atoms with Crippen molar-refractivity contribution in [3.05, 3.63) is 170 Å². The first kappa shape index (κ1) is 27.2. The molecule has 0 unspecified atom stereocenters. The number of nitrogens with zero attached hydrogens (tertiary/aromatic N) is 4. The molecule has 11 aromatic rings. The number of para-hydroxylation sites is 2. The predicted octanol–water partition coefficient (Wildman–Crippen LogP) is 11.8. The van der Waals surface area contributed by atoms with E-state index >= 15 is 0 Å². The van der Waals surface area contributed by atoms with Crippen LogP contribution in [-0.4, -0.2) is 19.1 Å². The van der Waals surface area contributed by atoms with Crippen LogP contribution < -0.4 is 0 Å². The normalized spacial score (nSPS) is 12.0. The molecule has 0 aliphatic heterocycles. The zero-order valence-electron chi connectivity index (χ0n) is 27.0. The lowest BCUT2D eigenvalue weighted by atomic mass is 10.0. The van der Waals surface area contributed by atoms with Crippen molar-refractivity contribution in [2.75, 3.05) is 0 Å². The Hall–Kier alpha value is -6.78. The summed E-state index contributed by atoms with van der Waals surface area (Å²) in [5.74, 6) is 0.818. The maximum Gasteiger partial charge on any atom is 0.165 e. The van der Waals surface area contributed by atoms with Crippen molar-refractivity contribution >= 4 is 76.2 Å². The third-order valence-electron chi connectivity index (χ3n) is 10.3. The zero-order valence-corrected chi connectivity index (χ0v) is 27.0. The van der Waals surface area contributed by atoms with Crippen LogP contribution in [0.2, 0.25) is 0 Å². The minimum absolute atomic E-state index is 0.818. The Bertz CT molecular complexity index is 3140. The molecule has 8 aromatic carbocycles. The van der Waals surface area contributed by atoms with E-state index in [1.807, 2.05) is 0 Å². The van der Waals surface area contributed by atoms with Crippen LogP contribution in [0.5, 0.6) is 0 Å². The second-order valence-electron chi connectivity index (χ2n) is 13.0. The van der Waals surface area contributed by atoms with E-state index in [0.717, 1.165) is 61.1 Å². The fraction of sp³-hybridized carbons (Fsp3) is 0. The Morgan fingerprint density at radius 2 is 1.00 bits per heavy atom. The molecular weight excluding hydrogens is 609 g/mol. The molecule has 3 heterocycles. The van der Waals surface area contributed by atoms with Gasteiger partial charge >= 0.3 is 0 Å². The fourth-order valence-electron chi connectivity index (χ4n) is 8.04. The van der Waals surface area contributed by atoms with Crippen LogP contribution in [0, 0.1) is 0 Å². The van der Waals surface area contributed by atoms with Crippen molar-refractivity contribution in [3.8, 4) is 22.8 Å². The van der Waals surface area contributed by atoms with Crippen LogP contribution in [0.25, 0.3) is 99.0 Å². The SMILES string of the molecule is c1ccc(-c2nc3ccc4ccccc4c3nc2-n2c3ccccc3c3cc4c5ccc6ccccc6c5n(-c5ccccc5)c4cc32)cc1. The van der Waals surface area contributed by atoms with Gasteiger partial charge in [0.2, 0.25) is 0 Å². The number of benzene rings is 8. The molecular formula is C46H28N4. The van der Waals surface area contributed by atoms with Gasteiger partial charge in [0.15, 0.2) is 5.82 Å². The molecule has 0 N–H and O–H groups in total. The third kappa shape index (κ3) is 3.81. The van der Waals surface area contributed by atoms with Crippen LogP contribution >= 0.6 is 0 Å². The lowest BCUT2D eigenvalue weighted by Gasteiger charge is -2.15. The average Bonchev–Trinajstić information content (AvgIpc) is 3.69. The van der Waals surface area contributed by atoms with E-state index in [1.165, 1.54) is 37.8 Å². The van der Waals surface area contributed by atoms with Gasteiger partial charge in [0.05, 0.1) is 33.1 Å². The maximum absolute atomic E-state index is 5.56. The lowest BCUT2D eigenvalue weighted by molar-refractivity contribution is 1.08. The molecule has 0 radical (unpaired) electrons. The van der Waals surface area contributed by atoms with E-state index in [2.05, 4.69) is 179 Å². The number of hydrogen-bond donors (Lipinski definition) is 0. The van der Waals surface area contributed by atoms with Gasteiger partial charge in [-0.15, -0.1) is 0 Å². The first-order valence-corrected chi connectivity index (χ1v) is 17.0. The average molecular weight is 637 g/mol. The molecule has 232 valence electrons. The van der Waals surface area contributed by atoms with Gasteiger partial charge in [-0.25, -0.2) is 9.97 Å². The summed E-state index contributed by atoms with van der Waals surface area (Å²) in [6.07, 6.45) is 0. The fourth-order valence-corrected chi connectivity index (χ4v) is 8.04. The van der Waals surface area contributed by atoms with Gasteiger partial charge in [-0.05, 0) is 47.2 Å². The van der Waals surface area contributed by atoms with E-state index < -0.39 is 0 Å². The molecule has 0 aliphatic rings. The van der Waals surface area contributed by atoms with E-state index in [4.69, 9.17) is 9.97 Å². The molecule has 0 aliphatic carbocycles. The van der Waals surface area contributed by atoms with Crippen LogP contribution in [-0.2, 0) is 0 Å². The predicted molar refractivity (Wildman–Crippen MR) is 209 cm³/mol. The standard InChI is InChI=1S/C46H28N4/c1-3-15-31(16-4-1)43-46(48-44-33-19-9-7-13-29(33)24-26-39(44)47-43)50-40-22-12-11-21-35(40)37-27-38-36-25-23-30-14-8-10-20-34(30)45(36)49(41(38)28-42(37)50)32-17-5-2-6-18-32/h1-28H. The minimum Gasteiger partial charge on any atom is -0.309 e. The highest BCUT2D eigenvalue weighted by molar-refractivity contribution is 6.23. The van der Waals surface area contributed by atoms with E-state index in [0.29, 0.717) is 0 Å². The van der Waals surface area contributed by atoms with Crippen molar-refractivity contribution < 1.29 is 0 Å². The molecule has 11 rings (SSSR count). The molecule has 0 spiro atoms. The topological polar surface area (TPSA) is 35.6 Å². The summed E-state index contributed by atoms with van der Waals surface area (Å²) >= 11 is 0. The van der Waals surface area contributed by atoms with Crippen molar-refractivity contribution in [1.82, 2.24) is 19.1 Å². The van der Waals surface area contributed by atoms with Crippen LogP contribution in [0.4, 0.5) is 0 Å². The lowest BCUT2D eigenvalue weighted by Crippen LogP contribution is -2.04. The number of hydrogen-bond acceptors (Lipinski definition) is 2. The summed E-state index contributed by atoms with van der Waals surface area (Å²) in [5.41, 5.74) is 9.35. The largest absolute Gasteiger partial charge is 0.309 e. The second-order valence-corrected chi connectivity index (χ2v) is 13.0. The van der Waals surface area contributed by atoms with Gasteiger partial charge in [0.25, 0.3) is 0 Å². The van der Waals surface area contributed by atoms with Gasteiger partial charge in [-0.1, -0.05) is 133 Å². The maximum atomic E-state index is 5.56. The molecule has 0 atom stereocenters. The molecule has 0 saturated heterocycles. The summed E-state index contributed by atoms with van der Waals surface area (Å²) in [4.78, 5) is 10.9. The van der Waals surface area contributed by atoms with Gasteiger partial charge in [0, 0.05) is 43.6 Å². The van der Waals surface area contributed by atoms with Gasteiger partial charge in [-0.2, -0.15) is 0 Å². The third-order valence-corrected chi connectivity index (χ3v) is 10.3. The first-order valence-electron chi connectivity index (χ1n) is 17.0. The molecule has 0 saturated carbocycles. The monoisotopic (exact) mass is 636 g/mol. The van der Waals surface area contributed by atoms with E-state index in [9.17, 15) is 0 Å². The Morgan fingerprint density at radius 1 is 0.380 bits per heavy atom. The van der Waals surface area contributed by atoms with Gasteiger partial charge in [0.1, 0.15) is 5.69 Å². The first-order chi connectivity index (χ1) is 24.8. The molecule has 3 aromatic heterocycles. The number of rotatable bonds is 3.